The Morgan fingerprint density at radius 1 is 1.50 bits per heavy atom. The maximum Gasteiger partial charge on any atom is 0.258 e. The number of anilines is 1. The van der Waals surface area contributed by atoms with E-state index in [0.29, 0.717) is 10.8 Å². The second kappa shape index (κ2) is 4.55. The molecule has 1 aromatic heterocycles. The molecule has 78 valence electrons. The number of halogens is 3. The number of hydrogen-bond acceptors (Lipinski definition) is 2. The van der Waals surface area contributed by atoms with Crippen molar-refractivity contribution in [3.8, 4) is 0 Å². The molecule has 1 aromatic rings. The summed E-state index contributed by atoms with van der Waals surface area (Å²) in [4.78, 5) is 3.81. The van der Waals surface area contributed by atoms with Gasteiger partial charge in [-0.15, -0.1) is 0 Å². The summed E-state index contributed by atoms with van der Waals surface area (Å²) in [5.74, 6) is 0. The van der Waals surface area contributed by atoms with Crippen molar-refractivity contribution in [1.82, 2.24) is 4.98 Å². The molecule has 0 fully saturated rings. The van der Waals surface area contributed by atoms with E-state index < -0.39 is 12.5 Å². The number of pyridine rings is 1. The predicted molar refractivity (Wildman–Crippen MR) is 53.1 cm³/mol. The van der Waals surface area contributed by atoms with Crippen LogP contribution in [0.2, 0.25) is 5.15 Å². The summed E-state index contributed by atoms with van der Waals surface area (Å²) in [7, 11) is 0. The maximum absolute atomic E-state index is 12.2. The van der Waals surface area contributed by atoms with E-state index in [-0.39, 0.29) is 0 Å². The zero-order chi connectivity index (χ0) is 10.7. The fraction of sp³-hybridized carbons (Fsp3) is 0.444. The van der Waals surface area contributed by atoms with Gasteiger partial charge in [-0.3, -0.25) is 0 Å². The van der Waals surface area contributed by atoms with Gasteiger partial charge in [-0.2, -0.15) is 0 Å². The van der Waals surface area contributed by atoms with Gasteiger partial charge in [0.15, 0.2) is 0 Å². The fourth-order valence-electron chi connectivity index (χ4n) is 0.981. The van der Waals surface area contributed by atoms with Crippen LogP contribution in [0.1, 0.15) is 12.5 Å². The standard InChI is InChI=1S/C9H11ClF2N2/c1-5-3-8(10)13-4-7(5)14-6(2)9(11)12/h3-4,6,9,14H,1-2H3. The molecule has 0 radical (unpaired) electrons. The highest BCUT2D eigenvalue weighted by Crippen LogP contribution is 2.18. The molecule has 0 spiro atoms. The van der Waals surface area contributed by atoms with Crippen molar-refractivity contribution in [3.05, 3.63) is 23.0 Å². The quantitative estimate of drug-likeness (QED) is 0.792. The Morgan fingerprint density at radius 3 is 2.64 bits per heavy atom. The summed E-state index contributed by atoms with van der Waals surface area (Å²) in [5, 5.41) is 3.02. The number of rotatable bonds is 3. The van der Waals surface area contributed by atoms with Gasteiger partial charge < -0.3 is 5.32 Å². The van der Waals surface area contributed by atoms with Crippen molar-refractivity contribution in [1.29, 1.82) is 0 Å². The minimum Gasteiger partial charge on any atom is -0.375 e. The van der Waals surface area contributed by atoms with Gasteiger partial charge in [0.1, 0.15) is 5.15 Å². The first kappa shape index (κ1) is 11.2. The molecule has 1 heterocycles. The molecular formula is C9H11ClF2N2. The van der Waals surface area contributed by atoms with E-state index in [9.17, 15) is 8.78 Å². The third-order valence-electron chi connectivity index (χ3n) is 1.84. The summed E-state index contributed by atoms with van der Waals surface area (Å²) in [6.07, 6.45) is -0.943. The molecule has 14 heavy (non-hydrogen) atoms. The molecule has 0 aliphatic rings. The van der Waals surface area contributed by atoms with Gasteiger partial charge in [0.25, 0.3) is 6.43 Å². The molecule has 0 saturated carbocycles. The number of aromatic nitrogens is 1. The monoisotopic (exact) mass is 220 g/mol. The normalized spacial score (nSPS) is 13.0. The first-order valence-electron chi connectivity index (χ1n) is 4.17. The molecular weight excluding hydrogens is 210 g/mol. The largest absolute Gasteiger partial charge is 0.375 e. The molecule has 5 heteroatoms. The average Bonchev–Trinajstić information content (AvgIpc) is 2.09. The summed E-state index contributed by atoms with van der Waals surface area (Å²) in [6.45, 7) is 3.20. The molecule has 1 unspecified atom stereocenters. The van der Waals surface area contributed by atoms with E-state index in [4.69, 9.17) is 11.6 Å². The van der Waals surface area contributed by atoms with Crippen LogP contribution in [0.15, 0.2) is 12.3 Å². The number of hydrogen-bond donors (Lipinski definition) is 1. The SMILES string of the molecule is Cc1cc(Cl)ncc1NC(C)C(F)F. The molecule has 1 rings (SSSR count). The van der Waals surface area contributed by atoms with Crippen LogP contribution in [-0.4, -0.2) is 17.5 Å². The zero-order valence-electron chi connectivity index (χ0n) is 7.89. The first-order valence-corrected chi connectivity index (χ1v) is 4.55. The van der Waals surface area contributed by atoms with E-state index in [1.165, 1.54) is 13.1 Å². The lowest BCUT2D eigenvalue weighted by Crippen LogP contribution is -2.24. The second-order valence-corrected chi connectivity index (χ2v) is 3.48. The van der Waals surface area contributed by atoms with Crippen LogP contribution >= 0.6 is 11.6 Å². The maximum atomic E-state index is 12.2. The van der Waals surface area contributed by atoms with Crippen LogP contribution in [0.5, 0.6) is 0 Å². The van der Waals surface area contributed by atoms with E-state index in [1.807, 2.05) is 0 Å². The lowest BCUT2D eigenvalue weighted by molar-refractivity contribution is 0.130. The Morgan fingerprint density at radius 2 is 2.14 bits per heavy atom. The van der Waals surface area contributed by atoms with Crippen molar-refractivity contribution in [2.45, 2.75) is 26.3 Å². The van der Waals surface area contributed by atoms with E-state index in [0.717, 1.165) is 5.56 Å². The van der Waals surface area contributed by atoms with Crippen molar-refractivity contribution < 1.29 is 8.78 Å². The second-order valence-electron chi connectivity index (χ2n) is 3.09. The van der Waals surface area contributed by atoms with Crippen molar-refractivity contribution in [2.24, 2.45) is 0 Å². The van der Waals surface area contributed by atoms with Gasteiger partial charge in [-0.05, 0) is 25.5 Å². The zero-order valence-corrected chi connectivity index (χ0v) is 8.65. The number of nitrogens with one attached hydrogen (secondary N) is 1. The van der Waals surface area contributed by atoms with E-state index in [1.54, 1.807) is 13.0 Å². The van der Waals surface area contributed by atoms with Crippen LogP contribution in [0.3, 0.4) is 0 Å². The number of alkyl halides is 2. The topological polar surface area (TPSA) is 24.9 Å². The third kappa shape index (κ3) is 2.80. The molecule has 0 aliphatic heterocycles. The average molecular weight is 221 g/mol. The van der Waals surface area contributed by atoms with Crippen molar-refractivity contribution in [2.75, 3.05) is 5.32 Å². The Hall–Kier alpha value is -0.900. The smallest absolute Gasteiger partial charge is 0.258 e. The van der Waals surface area contributed by atoms with Crippen LogP contribution in [0.25, 0.3) is 0 Å². The van der Waals surface area contributed by atoms with Gasteiger partial charge in [-0.25, -0.2) is 13.8 Å². The lowest BCUT2D eigenvalue weighted by atomic mass is 10.2. The molecule has 0 bridgehead atoms. The van der Waals surface area contributed by atoms with Gasteiger partial charge in [0.05, 0.1) is 17.9 Å². The van der Waals surface area contributed by atoms with Crippen molar-refractivity contribution >= 4 is 17.3 Å². The number of aryl methyl sites for hydroxylation is 1. The predicted octanol–water partition coefficient (Wildman–Crippen LogP) is 3.11. The Labute approximate surface area is 86.3 Å². The molecule has 2 nitrogen and oxygen atoms in total. The van der Waals surface area contributed by atoms with Crippen LogP contribution in [0.4, 0.5) is 14.5 Å². The molecule has 0 saturated heterocycles. The van der Waals surface area contributed by atoms with Crippen LogP contribution < -0.4 is 5.32 Å². The minimum absolute atomic E-state index is 0.359. The molecule has 1 atom stereocenters. The fourth-order valence-corrected chi connectivity index (χ4v) is 1.19. The highest BCUT2D eigenvalue weighted by Gasteiger charge is 2.14. The van der Waals surface area contributed by atoms with Crippen LogP contribution in [0, 0.1) is 6.92 Å². The summed E-state index contributed by atoms with van der Waals surface area (Å²) >= 11 is 5.63. The van der Waals surface area contributed by atoms with Gasteiger partial charge in [0.2, 0.25) is 0 Å². The van der Waals surface area contributed by atoms with Crippen molar-refractivity contribution in [3.63, 3.8) is 0 Å². The summed E-state index contributed by atoms with van der Waals surface area (Å²) < 4.78 is 24.4. The first-order chi connectivity index (χ1) is 6.50. The van der Waals surface area contributed by atoms with E-state index in [2.05, 4.69) is 10.3 Å². The van der Waals surface area contributed by atoms with Gasteiger partial charge in [-0.1, -0.05) is 11.6 Å². The Kier molecular flexibility index (Phi) is 3.63. The van der Waals surface area contributed by atoms with E-state index >= 15 is 0 Å². The highest BCUT2D eigenvalue weighted by molar-refractivity contribution is 6.29. The molecule has 1 N–H and O–H groups in total. The number of nitrogens with zero attached hydrogens (tertiary/aromatic N) is 1. The van der Waals surface area contributed by atoms with Gasteiger partial charge >= 0.3 is 0 Å². The summed E-state index contributed by atoms with van der Waals surface area (Å²) in [5.41, 5.74) is 1.39. The highest BCUT2D eigenvalue weighted by atomic mass is 35.5. The molecule has 0 amide bonds. The molecule has 0 aliphatic carbocycles. The lowest BCUT2D eigenvalue weighted by Gasteiger charge is -2.15. The summed E-state index contributed by atoms with van der Waals surface area (Å²) in [6, 6.07) is 0.735. The third-order valence-corrected chi connectivity index (χ3v) is 2.05. The van der Waals surface area contributed by atoms with Gasteiger partial charge in [0, 0.05) is 0 Å². The Balaban J connectivity index is 2.77. The minimum atomic E-state index is -2.40. The van der Waals surface area contributed by atoms with Crippen LogP contribution in [-0.2, 0) is 0 Å². The Bertz CT molecular complexity index is 318. The molecule has 0 aromatic carbocycles.